The van der Waals surface area contributed by atoms with Gasteiger partial charge in [0.15, 0.2) is 0 Å². The normalized spacial score (nSPS) is 13.1. The van der Waals surface area contributed by atoms with Crippen LogP contribution in [0.1, 0.15) is 24.4 Å². The zero-order valence-electron chi connectivity index (χ0n) is 6.20. The maximum Gasteiger partial charge on any atom is 0.115 e. The largest absolute Gasteiger partial charge is 0.323 e. The van der Waals surface area contributed by atoms with Crippen molar-refractivity contribution in [2.45, 2.75) is 19.9 Å². The Kier molecular flexibility index (Phi) is 1.97. The zero-order chi connectivity index (χ0) is 7.56. The van der Waals surface area contributed by atoms with Gasteiger partial charge < -0.3 is 5.73 Å². The highest BCUT2D eigenvalue weighted by Crippen LogP contribution is 2.04. The van der Waals surface area contributed by atoms with Crippen molar-refractivity contribution < 1.29 is 0 Å². The van der Waals surface area contributed by atoms with Gasteiger partial charge in [-0.25, -0.2) is 9.97 Å². The highest BCUT2D eigenvalue weighted by atomic mass is 14.9. The van der Waals surface area contributed by atoms with Gasteiger partial charge in [-0.15, -0.1) is 0 Å². The van der Waals surface area contributed by atoms with E-state index >= 15 is 0 Å². The summed E-state index contributed by atoms with van der Waals surface area (Å²) >= 11 is 0. The molecule has 2 N–H and O–H groups in total. The van der Waals surface area contributed by atoms with E-state index < -0.39 is 0 Å². The minimum Gasteiger partial charge on any atom is -0.323 e. The second-order valence-corrected chi connectivity index (χ2v) is 2.37. The van der Waals surface area contributed by atoms with Gasteiger partial charge in [0.25, 0.3) is 0 Å². The number of rotatable bonds is 1. The summed E-state index contributed by atoms with van der Waals surface area (Å²) in [5, 5.41) is 0. The molecule has 10 heavy (non-hydrogen) atoms. The monoisotopic (exact) mass is 137 g/mol. The lowest BCUT2D eigenvalue weighted by atomic mass is 10.2. The van der Waals surface area contributed by atoms with Gasteiger partial charge in [0, 0.05) is 11.7 Å². The minimum atomic E-state index is 0.00157. The summed E-state index contributed by atoms with van der Waals surface area (Å²) in [6, 6.07) is 1.90. The van der Waals surface area contributed by atoms with Gasteiger partial charge in [-0.3, -0.25) is 0 Å². The smallest absolute Gasteiger partial charge is 0.115 e. The quantitative estimate of drug-likeness (QED) is 0.623. The molecule has 1 atom stereocenters. The summed E-state index contributed by atoms with van der Waals surface area (Å²) in [6.45, 7) is 3.83. The first-order chi connectivity index (χ1) is 4.70. The molecule has 0 saturated heterocycles. The van der Waals surface area contributed by atoms with Crippen molar-refractivity contribution in [2.24, 2.45) is 5.73 Å². The van der Waals surface area contributed by atoms with Crippen LogP contribution in [0.4, 0.5) is 0 Å². The van der Waals surface area contributed by atoms with Crippen LogP contribution in [0.15, 0.2) is 12.4 Å². The fourth-order valence-electron chi connectivity index (χ4n) is 0.724. The topological polar surface area (TPSA) is 51.8 Å². The molecule has 0 radical (unpaired) electrons. The molecule has 0 spiro atoms. The maximum absolute atomic E-state index is 5.59. The Balaban J connectivity index is 2.96. The molecule has 1 rings (SSSR count). The molecule has 1 aromatic heterocycles. The lowest BCUT2D eigenvalue weighted by Gasteiger charge is -2.02. The Bertz CT molecular complexity index is 220. The van der Waals surface area contributed by atoms with E-state index in [2.05, 4.69) is 9.97 Å². The molecule has 0 aliphatic heterocycles. The van der Waals surface area contributed by atoms with E-state index in [0.29, 0.717) is 0 Å². The number of hydrogen-bond donors (Lipinski definition) is 1. The molecule has 0 aliphatic rings. The second kappa shape index (κ2) is 2.75. The Morgan fingerprint density at radius 1 is 1.50 bits per heavy atom. The van der Waals surface area contributed by atoms with Crippen LogP contribution in [-0.2, 0) is 0 Å². The summed E-state index contributed by atoms with van der Waals surface area (Å²) in [5.74, 6) is 0. The van der Waals surface area contributed by atoms with Crippen LogP contribution in [0.25, 0.3) is 0 Å². The van der Waals surface area contributed by atoms with Crippen molar-refractivity contribution in [3.8, 4) is 0 Å². The Labute approximate surface area is 60.3 Å². The summed E-state index contributed by atoms with van der Waals surface area (Å²) in [6.07, 6.45) is 1.54. The highest BCUT2D eigenvalue weighted by molar-refractivity contribution is 5.09. The van der Waals surface area contributed by atoms with Gasteiger partial charge >= 0.3 is 0 Å². The number of hydrogen-bond acceptors (Lipinski definition) is 3. The van der Waals surface area contributed by atoms with E-state index in [9.17, 15) is 0 Å². The van der Waals surface area contributed by atoms with Crippen molar-refractivity contribution >= 4 is 0 Å². The molecule has 1 heterocycles. The van der Waals surface area contributed by atoms with Gasteiger partial charge in [-0.1, -0.05) is 0 Å². The maximum atomic E-state index is 5.59. The second-order valence-electron chi connectivity index (χ2n) is 2.37. The predicted octanol–water partition coefficient (Wildman–Crippen LogP) is 0.805. The predicted molar refractivity (Wildman–Crippen MR) is 39.4 cm³/mol. The van der Waals surface area contributed by atoms with Crippen LogP contribution in [0, 0.1) is 6.92 Å². The van der Waals surface area contributed by atoms with E-state index in [1.807, 2.05) is 19.9 Å². The number of aromatic nitrogens is 2. The van der Waals surface area contributed by atoms with Crippen molar-refractivity contribution in [1.29, 1.82) is 0 Å². The van der Waals surface area contributed by atoms with Gasteiger partial charge in [-0.05, 0) is 19.9 Å². The van der Waals surface area contributed by atoms with E-state index in [1.165, 1.54) is 6.33 Å². The minimum absolute atomic E-state index is 0.00157. The average Bonchev–Trinajstić information content (AvgIpc) is 1.88. The van der Waals surface area contributed by atoms with Crippen molar-refractivity contribution in [3.63, 3.8) is 0 Å². The third-order valence-corrected chi connectivity index (χ3v) is 1.29. The lowest BCUT2D eigenvalue weighted by Crippen LogP contribution is -2.07. The molecule has 0 amide bonds. The molecule has 0 unspecified atom stereocenters. The van der Waals surface area contributed by atoms with Crippen LogP contribution >= 0.6 is 0 Å². The Hall–Kier alpha value is -0.960. The highest BCUT2D eigenvalue weighted by Gasteiger charge is 1.99. The molecule has 0 fully saturated rings. The fourth-order valence-corrected chi connectivity index (χ4v) is 0.724. The Morgan fingerprint density at radius 3 is 2.60 bits per heavy atom. The number of nitrogens with zero attached hydrogens (tertiary/aromatic N) is 2. The summed E-state index contributed by atoms with van der Waals surface area (Å²) in [4.78, 5) is 7.96. The molecule has 1 aromatic rings. The summed E-state index contributed by atoms with van der Waals surface area (Å²) < 4.78 is 0. The van der Waals surface area contributed by atoms with Gasteiger partial charge in [0.05, 0.1) is 5.69 Å². The Morgan fingerprint density at radius 2 is 2.20 bits per heavy atom. The van der Waals surface area contributed by atoms with Crippen LogP contribution < -0.4 is 5.73 Å². The van der Waals surface area contributed by atoms with Gasteiger partial charge in [0.1, 0.15) is 6.33 Å². The average molecular weight is 137 g/mol. The van der Waals surface area contributed by atoms with E-state index in [0.717, 1.165) is 11.4 Å². The SMILES string of the molecule is Cc1cc([C@H](C)N)ncn1. The summed E-state index contributed by atoms with van der Waals surface area (Å²) in [5.41, 5.74) is 7.45. The number of aryl methyl sites for hydroxylation is 1. The van der Waals surface area contributed by atoms with Crippen LogP contribution in [0.3, 0.4) is 0 Å². The molecule has 54 valence electrons. The van der Waals surface area contributed by atoms with Crippen molar-refractivity contribution in [2.75, 3.05) is 0 Å². The first-order valence-electron chi connectivity index (χ1n) is 3.24. The van der Waals surface area contributed by atoms with Crippen LogP contribution in [-0.4, -0.2) is 9.97 Å². The van der Waals surface area contributed by atoms with Crippen molar-refractivity contribution in [1.82, 2.24) is 9.97 Å². The van der Waals surface area contributed by atoms with Crippen LogP contribution in [0.5, 0.6) is 0 Å². The molecule has 0 aliphatic carbocycles. The number of nitrogens with two attached hydrogens (primary N) is 1. The van der Waals surface area contributed by atoms with E-state index in [-0.39, 0.29) is 6.04 Å². The third kappa shape index (κ3) is 1.51. The molecular formula is C7H11N3. The fraction of sp³-hybridized carbons (Fsp3) is 0.429. The molecule has 3 heteroatoms. The zero-order valence-corrected chi connectivity index (χ0v) is 6.20. The molecule has 0 bridgehead atoms. The standard InChI is InChI=1S/C7H11N3/c1-5-3-7(6(2)8)10-4-9-5/h3-4,6H,8H2,1-2H3/t6-/m0/s1. The molecule has 3 nitrogen and oxygen atoms in total. The van der Waals surface area contributed by atoms with Crippen molar-refractivity contribution in [3.05, 3.63) is 23.8 Å². The lowest BCUT2D eigenvalue weighted by molar-refractivity contribution is 0.770. The van der Waals surface area contributed by atoms with Crippen LogP contribution in [0.2, 0.25) is 0 Å². The molecular weight excluding hydrogens is 126 g/mol. The first-order valence-corrected chi connectivity index (χ1v) is 3.24. The van der Waals surface area contributed by atoms with E-state index in [4.69, 9.17) is 5.73 Å². The summed E-state index contributed by atoms with van der Waals surface area (Å²) in [7, 11) is 0. The molecule has 0 saturated carbocycles. The van der Waals surface area contributed by atoms with Gasteiger partial charge in [-0.2, -0.15) is 0 Å². The first kappa shape index (κ1) is 7.15. The van der Waals surface area contributed by atoms with Gasteiger partial charge in [0.2, 0.25) is 0 Å². The van der Waals surface area contributed by atoms with E-state index in [1.54, 1.807) is 0 Å². The molecule has 0 aromatic carbocycles. The third-order valence-electron chi connectivity index (χ3n) is 1.29.